The van der Waals surface area contributed by atoms with Crippen LogP contribution in [0.3, 0.4) is 0 Å². The van der Waals surface area contributed by atoms with E-state index in [9.17, 15) is 13.2 Å². The average Bonchev–Trinajstić information content (AvgIpc) is 2.71. The van der Waals surface area contributed by atoms with Crippen LogP contribution in [0.1, 0.15) is 26.2 Å². The Bertz CT molecular complexity index is 645. The van der Waals surface area contributed by atoms with Crippen molar-refractivity contribution in [1.82, 2.24) is 0 Å². The second-order valence-corrected chi connectivity index (χ2v) is 7.54. The number of nitrogens with one attached hydrogen (secondary N) is 2. The van der Waals surface area contributed by atoms with E-state index in [1.807, 2.05) is 6.92 Å². The molecule has 0 heterocycles. The standard InChI is InChI=1S/C14H21N3O3S/c1-14(9-5-8-12(14)15)13(18)16-10-6-3-4-7-11(10)17-21(2,19)20/h3-4,6-7,12,17H,5,8-9,15H2,1-2H3,(H,16,18). The van der Waals surface area contributed by atoms with Crippen LogP contribution in [0.15, 0.2) is 24.3 Å². The predicted octanol–water partition coefficient (Wildman–Crippen LogP) is 1.51. The van der Waals surface area contributed by atoms with Gasteiger partial charge in [0, 0.05) is 6.04 Å². The van der Waals surface area contributed by atoms with Gasteiger partial charge in [-0.05, 0) is 31.9 Å². The highest BCUT2D eigenvalue weighted by Gasteiger charge is 2.43. The number of hydrogen-bond acceptors (Lipinski definition) is 4. The molecule has 1 amide bonds. The Morgan fingerprint density at radius 2 is 1.95 bits per heavy atom. The van der Waals surface area contributed by atoms with Gasteiger partial charge < -0.3 is 11.1 Å². The first-order valence-electron chi connectivity index (χ1n) is 6.86. The lowest BCUT2D eigenvalue weighted by atomic mass is 9.84. The Hall–Kier alpha value is -1.60. The third-order valence-corrected chi connectivity index (χ3v) is 4.61. The van der Waals surface area contributed by atoms with Crippen molar-refractivity contribution >= 4 is 27.3 Å². The SMILES string of the molecule is CC1(C(=O)Nc2ccccc2NS(C)(=O)=O)CCCC1N. The summed E-state index contributed by atoms with van der Waals surface area (Å²) in [5.74, 6) is -0.171. The van der Waals surface area contributed by atoms with Crippen molar-refractivity contribution in [3.05, 3.63) is 24.3 Å². The van der Waals surface area contributed by atoms with E-state index < -0.39 is 15.4 Å². The smallest absolute Gasteiger partial charge is 0.231 e. The number of carbonyl (C=O) groups is 1. The summed E-state index contributed by atoms with van der Waals surface area (Å²) >= 11 is 0. The molecule has 2 rings (SSSR count). The minimum absolute atomic E-state index is 0.171. The summed E-state index contributed by atoms with van der Waals surface area (Å²) in [6, 6.07) is 6.53. The fourth-order valence-corrected chi connectivity index (χ4v) is 3.20. The summed E-state index contributed by atoms with van der Waals surface area (Å²) in [7, 11) is -3.41. The van der Waals surface area contributed by atoms with Crippen molar-refractivity contribution in [2.24, 2.45) is 11.1 Å². The molecular weight excluding hydrogens is 290 g/mol. The van der Waals surface area contributed by atoms with Gasteiger partial charge in [0.25, 0.3) is 0 Å². The third kappa shape index (κ3) is 3.54. The molecule has 0 bridgehead atoms. The summed E-state index contributed by atoms with van der Waals surface area (Å²) in [6.07, 6.45) is 3.56. The van der Waals surface area contributed by atoms with Crippen LogP contribution < -0.4 is 15.8 Å². The Kier molecular flexibility index (Phi) is 4.25. The molecule has 1 aromatic carbocycles. The van der Waals surface area contributed by atoms with Crippen molar-refractivity contribution in [3.8, 4) is 0 Å². The van der Waals surface area contributed by atoms with Gasteiger partial charge in [0.05, 0.1) is 23.0 Å². The second-order valence-electron chi connectivity index (χ2n) is 5.79. The first kappa shape index (κ1) is 15.8. The number of nitrogens with two attached hydrogens (primary N) is 1. The summed E-state index contributed by atoms with van der Waals surface area (Å²) in [4.78, 5) is 12.5. The molecule has 1 aliphatic rings. The lowest BCUT2D eigenvalue weighted by Gasteiger charge is -2.28. The Morgan fingerprint density at radius 3 is 2.48 bits per heavy atom. The molecule has 4 N–H and O–H groups in total. The highest BCUT2D eigenvalue weighted by molar-refractivity contribution is 7.92. The van der Waals surface area contributed by atoms with Gasteiger partial charge in [0.1, 0.15) is 0 Å². The highest BCUT2D eigenvalue weighted by atomic mass is 32.2. The fourth-order valence-electron chi connectivity index (χ4n) is 2.62. The normalized spacial score (nSPS) is 25.6. The molecule has 1 aromatic rings. The van der Waals surface area contributed by atoms with Crippen LogP contribution in [-0.2, 0) is 14.8 Å². The zero-order chi connectivity index (χ0) is 15.7. The lowest BCUT2D eigenvalue weighted by Crippen LogP contribution is -2.44. The number of sulfonamides is 1. The largest absolute Gasteiger partial charge is 0.327 e. The summed E-state index contributed by atoms with van der Waals surface area (Å²) in [5, 5.41) is 2.80. The van der Waals surface area contributed by atoms with Crippen LogP contribution in [0.25, 0.3) is 0 Å². The molecule has 6 nitrogen and oxygen atoms in total. The van der Waals surface area contributed by atoms with Gasteiger partial charge in [0.15, 0.2) is 0 Å². The molecule has 1 fully saturated rings. The van der Waals surface area contributed by atoms with Gasteiger partial charge in [-0.1, -0.05) is 18.6 Å². The molecule has 1 saturated carbocycles. The van der Waals surface area contributed by atoms with Crippen molar-refractivity contribution in [2.45, 2.75) is 32.2 Å². The van der Waals surface area contributed by atoms with Gasteiger partial charge in [0.2, 0.25) is 15.9 Å². The number of hydrogen-bond donors (Lipinski definition) is 3. The molecule has 0 aliphatic heterocycles. The van der Waals surface area contributed by atoms with Crippen molar-refractivity contribution in [1.29, 1.82) is 0 Å². The average molecular weight is 311 g/mol. The molecule has 0 radical (unpaired) electrons. The molecule has 1 aliphatic carbocycles. The first-order chi connectivity index (χ1) is 9.72. The maximum absolute atomic E-state index is 12.5. The van der Waals surface area contributed by atoms with Crippen LogP contribution in [0, 0.1) is 5.41 Å². The van der Waals surface area contributed by atoms with E-state index in [-0.39, 0.29) is 11.9 Å². The third-order valence-electron chi connectivity index (χ3n) is 4.02. The summed E-state index contributed by atoms with van der Waals surface area (Å²) in [6.45, 7) is 1.85. The van der Waals surface area contributed by atoms with E-state index in [1.165, 1.54) is 0 Å². The number of carbonyl (C=O) groups excluding carboxylic acids is 1. The van der Waals surface area contributed by atoms with Gasteiger partial charge in [-0.3, -0.25) is 9.52 Å². The van der Waals surface area contributed by atoms with Crippen molar-refractivity contribution in [2.75, 3.05) is 16.3 Å². The molecule has 21 heavy (non-hydrogen) atoms. The Labute approximate surface area is 125 Å². The monoisotopic (exact) mass is 311 g/mol. The van der Waals surface area contributed by atoms with Gasteiger partial charge in [-0.2, -0.15) is 0 Å². The molecule has 2 unspecified atom stereocenters. The number of rotatable bonds is 4. The first-order valence-corrected chi connectivity index (χ1v) is 8.75. The van der Waals surface area contributed by atoms with E-state index in [2.05, 4.69) is 10.0 Å². The number of anilines is 2. The van der Waals surface area contributed by atoms with Gasteiger partial charge in [-0.25, -0.2) is 8.42 Å². The Balaban J connectivity index is 2.22. The van der Waals surface area contributed by atoms with Crippen LogP contribution in [0.4, 0.5) is 11.4 Å². The van der Waals surface area contributed by atoms with Crippen LogP contribution in [0.5, 0.6) is 0 Å². The molecule has 0 saturated heterocycles. The molecule has 2 atom stereocenters. The van der Waals surface area contributed by atoms with Crippen molar-refractivity contribution < 1.29 is 13.2 Å². The topological polar surface area (TPSA) is 101 Å². The number of benzene rings is 1. The summed E-state index contributed by atoms with van der Waals surface area (Å²) < 4.78 is 25.1. The fraction of sp³-hybridized carbons (Fsp3) is 0.500. The molecular formula is C14H21N3O3S. The zero-order valence-electron chi connectivity index (χ0n) is 12.2. The highest BCUT2D eigenvalue weighted by Crippen LogP contribution is 2.38. The molecule has 7 heteroatoms. The number of para-hydroxylation sites is 2. The predicted molar refractivity (Wildman–Crippen MR) is 83.5 cm³/mol. The maximum Gasteiger partial charge on any atom is 0.231 e. The minimum atomic E-state index is -3.41. The van der Waals surface area contributed by atoms with E-state index in [0.717, 1.165) is 25.5 Å². The van der Waals surface area contributed by atoms with E-state index in [1.54, 1.807) is 24.3 Å². The van der Waals surface area contributed by atoms with Gasteiger partial charge >= 0.3 is 0 Å². The minimum Gasteiger partial charge on any atom is -0.327 e. The zero-order valence-corrected chi connectivity index (χ0v) is 13.0. The van der Waals surface area contributed by atoms with Crippen LogP contribution >= 0.6 is 0 Å². The number of amides is 1. The van der Waals surface area contributed by atoms with Crippen LogP contribution in [0.2, 0.25) is 0 Å². The molecule has 116 valence electrons. The van der Waals surface area contributed by atoms with Crippen molar-refractivity contribution in [3.63, 3.8) is 0 Å². The van der Waals surface area contributed by atoms with E-state index in [4.69, 9.17) is 5.73 Å². The Morgan fingerprint density at radius 1 is 1.33 bits per heavy atom. The van der Waals surface area contributed by atoms with Gasteiger partial charge in [-0.15, -0.1) is 0 Å². The molecule has 0 spiro atoms. The summed E-state index contributed by atoms with van der Waals surface area (Å²) in [5.41, 5.74) is 6.21. The second kappa shape index (κ2) is 5.65. The van der Waals surface area contributed by atoms with E-state index in [0.29, 0.717) is 11.4 Å². The quantitative estimate of drug-likeness (QED) is 0.784. The lowest BCUT2D eigenvalue weighted by molar-refractivity contribution is -0.125. The molecule has 0 aromatic heterocycles. The van der Waals surface area contributed by atoms with E-state index >= 15 is 0 Å². The maximum atomic E-state index is 12.5. The van der Waals surface area contributed by atoms with Crippen LogP contribution in [-0.4, -0.2) is 26.6 Å².